The van der Waals surface area contributed by atoms with Gasteiger partial charge in [0.25, 0.3) is 0 Å². The Labute approximate surface area is 90.9 Å². The number of carbonyl (C=O) groups is 2. The third-order valence-electron chi connectivity index (χ3n) is 1.80. The van der Waals surface area contributed by atoms with Crippen molar-refractivity contribution >= 4 is 11.9 Å². The molecule has 0 unspecified atom stereocenters. The number of hydrogen-bond donors (Lipinski definition) is 0. The average molecular weight is 216 g/mol. The molecule has 88 valence electrons. The molecule has 0 rings (SSSR count). The first kappa shape index (κ1) is 13.9. The van der Waals surface area contributed by atoms with Crippen LogP contribution in [0, 0.1) is 5.92 Å². The van der Waals surface area contributed by atoms with Crippen LogP contribution in [0.5, 0.6) is 0 Å². The Hall–Kier alpha value is -1.06. The zero-order chi connectivity index (χ0) is 11.7. The van der Waals surface area contributed by atoms with Crippen LogP contribution < -0.4 is 0 Å². The molecule has 15 heavy (non-hydrogen) atoms. The molecule has 0 heterocycles. The highest BCUT2D eigenvalue weighted by Gasteiger charge is 2.07. The van der Waals surface area contributed by atoms with E-state index in [9.17, 15) is 9.59 Å². The molecule has 0 radical (unpaired) electrons. The van der Waals surface area contributed by atoms with Gasteiger partial charge in [0, 0.05) is 6.42 Å². The molecular weight excluding hydrogens is 196 g/mol. The van der Waals surface area contributed by atoms with E-state index in [4.69, 9.17) is 9.47 Å². The quantitative estimate of drug-likeness (QED) is 0.482. The average Bonchev–Trinajstić information content (AvgIpc) is 2.17. The molecule has 0 atom stereocenters. The van der Waals surface area contributed by atoms with Crippen molar-refractivity contribution in [1.29, 1.82) is 0 Å². The van der Waals surface area contributed by atoms with Crippen LogP contribution in [0.3, 0.4) is 0 Å². The van der Waals surface area contributed by atoms with Gasteiger partial charge in [-0.3, -0.25) is 9.59 Å². The maximum atomic E-state index is 11.0. The number of esters is 2. The predicted molar refractivity (Wildman–Crippen MR) is 56.3 cm³/mol. The summed E-state index contributed by atoms with van der Waals surface area (Å²) >= 11 is 0. The van der Waals surface area contributed by atoms with Gasteiger partial charge in [0.05, 0.1) is 19.1 Å². The molecule has 0 amide bonds. The standard InChI is InChI=1S/C11H20O4/c1-4-14-10(12)7-5-6-8-15-11(13)9(2)3/h9H,4-8H2,1-3H3. The van der Waals surface area contributed by atoms with Crippen LogP contribution in [-0.4, -0.2) is 25.2 Å². The Morgan fingerprint density at radius 2 is 1.80 bits per heavy atom. The molecule has 0 aromatic heterocycles. The second-order valence-corrected chi connectivity index (χ2v) is 3.58. The van der Waals surface area contributed by atoms with E-state index >= 15 is 0 Å². The Bertz CT molecular complexity index is 199. The molecule has 0 aliphatic heterocycles. The molecule has 0 saturated carbocycles. The SMILES string of the molecule is CCOC(=O)CCCCOC(=O)C(C)C. The van der Waals surface area contributed by atoms with Gasteiger partial charge in [-0.2, -0.15) is 0 Å². The van der Waals surface area contributed by atoms with Crippen molar-refractivity contribution in [2.24, 2.45) is 5.92 Å². The second-order valence-electron chi connectivity index (χ2n) is 3.58. The van der Waals surface area contributed by atoms with Gasteiger partial charge in [-0.15, -0.1) is 0 Å². The smallest absolute Gasteiger partial charge is 0.308 e. The van der Waals surface area contributed by atoms with Gasteiger partial charge in [-0.1, -0.05) is 13.8 Å². The Balaban J connectivity index is 3.32. The minimum atomic E-state index is -0.189. The third kappa shape index (κ3) is 7.97. The maximum absolute atomic E-state index is 11.0. The fraction of sp³-hybridized carbons (Fsp3) is 0.818. The summed E-state index contributed by atoms with van der Waals surface area (Å²) in [7, 11) is 0. The van der Waals surface area contributed by atoms with Crippen LogP contribution in [0.25, 0.3) is 0 Å². The molecule has 0 bridgehead atoms. The molecule has 0 N–H and O–H groups in total. The van der Waals surface area contributed by atoms with Crippen LogP contribution in [0.1, 0.15) is 40.0 Å². The summed E-state index contributed by atoms with van der Waals surface area (Å²) in [6.07, 6.45) is 1.80. The van der Waals surface area contributed by atoms with Gasteiger partial charge in [-0.05, 0) is 19.8 Å². The van der Waals surface area contributed by atoms with Crippen molar-refractivity contribution in [2.45, 2.75) is 40.0 Å². The Morgan fingerprint density at radius 1 is 1.13 bits per heavy atom. The van der Waals surface area contributed by atoms with E-state index in [1.807, 2.05) is 0 Å². The normalized spacial score (nSPS) is 10.1. The molecular formula is C11H20O4. The Kier molecular flexibility index (Phi) is 7.68. The minimum absolute atomic E-state index is 0.0879. The van der Waals surface area contributed by atoms with E-state index in [2.05, 4.69) is 0 Å². The number of rotatable bonds is 7. The van der Waals surface area contributed by atoms with Gasteiger partial charge in [0.2, 0.25) is 0 Å². The van der Waals surface area contributed by atoms with Crippen LogP contribution in [-0.2, 0) is 19.1 Å². The van der Waals surface area contributed by atoms with Gasteiger partial charge in [0.1, 0.15) is 0 Å². The molecule has 4 heteroatoms. The number of ether oxygens (including phenoxy) is 2. The lowest BCUT2D eigenvalue weighted by molar-refractivity contribution is -0.147. The number of hydrogen-bond acceptors (Lipinski definition) is 4. The first-order valence-corrected chi connectivity index (χ1v) is 5.40. The van der Waals surface area contributed by atoms with Gasteiger partial charge in [0.15, 0.2) is 0 Å². The van der Waals surface area contributed by atoms with E-state index in [0.717, 1.165) is 0 Å². The molecule has 0 saturated heterocycles. The monoisotopic (exact) mass is 216 g/mol. The fourth-order valence-corrected chi connectivity index (χ4v) is 0.944. The summed E-state index contributed by atoms with van der Waals surface area (Å²) in [6, 6.07) is 0. The largest absolute Gasteiger partial charge is 0.466 e. The van der Waals surface area contributed by atoms with Crippen molar-refractivity contribution < 1.29 is 19.1 Å². The molecule has 0 aromatic carbocycles. The molecule has 0 spiro atoms. The van der Waals surface area contributed by atoms with Crippen molar-refractivity contribution in [3.8, 4) is 0 Å². The van der Waals surface area contributed by atoms with Gasteiger partial charge in [-0.25, -0.2) is 0 Å². The van der Waals surface area contributed by atoms with Crippen LogP contribution >= 0.6 is 0 Å². The summed E-state index contributed by atoms with van der Waals surface area (Å²) < 4.78 is 9.72. The maximum Gasteiger partial charge on any atom is 0.308 e. The van der Waals surface area contributed by atoms with Crippen molar-refractivity contribution in [1.82, 2.24) is 0 Å². The zero-order valence-corrected chi connectivity index (χ0v) is 9.75. The second kappa shape index (κ2) is 8.26. The molecule has 0 aliphatic carbocycles. The Morgan fingerprint density at radius 3 is 2.33 bits per heavy atom. The molecule has 0 aromatic rings. The van der Waals surface area contributed by atoms with Crippen LogP contribution in [0.15, 0.2) is 0 Å². The van der Waals surface area contributed by atoms with E-state index in [1.54, 1.807) is 20.8 Å². The van der Waals surface area contributed by atoms with E-state index in [1.165, 1.54) is 0 Å². The zero-order valence-electron chi connectivity index (χ0n) is 9.75. The van der Waals surface area contributed by atoms with E-state index in [0.29, 0.717) is 32.5 Å². The predicted octanol–water partition coefficient (Wildman–Crippen LogP) is 1.92. The van der Waals surface area contributed by atoms with Gasteiger partial charge < -0.3 is 9.47 Å². The number of unbranched alkanes of at least 4 members (excludes halogenated alkanes) is 1. The molecule has 0 aliphatic rings. The summed E-state index contributed by atoms with van der Waals surface area (Å²) in [4.78, 5) is 21.9. The van der Waals surface area contributed by atoms with Crippen molar-refractivity contribution in [3.63, 3.8) is 0 Å². The van der Waals surface area contributed by atoms with Crippen molar-refractivity contribution in [3.05, 3.63) is 0 Å². The summed E-state index contributed by atoms with van der Waals surface area (Å²) in [5.41, 5.74) is 0. The van der Waals surface area contributed by atoms with E-state index in [-0.39, 0.29) is 17.9 Å². The summed E-state index contributed by atoms with van der Waals surface area (Å²) in [6.45, 7) is 6.17. The number of carbonyl (C=O) groups excluding carboxylic acids is 2. The van der Waals surface area contributed by atoms with Crippen molar-refractivity contribution in [2.75, 3.05) is 13.2 Å². The highest BCUT2D eigenvalue weighted by molar-refractivity contribution is 5.71. The topological polar surface area (TPSA) is 52.6 Å². The van der Waals surface area contributed by atoms with Crippen LogP contribution in [0.2, 0.25) is 0 Å². The lowest BCUT2D eigenvalue weighted by Gasteiger charge is -2.06. The summed E-state index contributed by atoms with van der Waals surface area (Å²) in [5, 5.41) is 0. The third-order valence-corrected chi connectivity index (χ3v) is 1.80. The summed E-state index contributed by atoms with van der Waals surface area (Å²) in [5.74, 6) is -0.464. The lowest BCUT2D eigenvalue weighted by Crippen LogP contribution is -2.12. The first-order valence-electron chi connectivity index (χ1n) is 5.40. The minimum Gasteiger partial charge on any atom is -0.466 e. The molecule has 4 nitrogen and oxygen atoms in total. The van der Waals surface area contributed by atoms with E-state index < -0.39 is 0 Å². The highest BCUT2D eigenvalue weighted by Crippen LogP contribution is 2.01. The highest BCUT2D eigenvalue weighted by atomic mass is 16.5. The first-order chi connectivity index (χ1) is 7.07. The lowest BCUT2D eigenvalue weighted by atomic mass is 10.2. The molecule has 0 fully saturated rings. The van der Waals surface area contributed by atoms with Crippen LogP contribution in [0.4, 0.5) is 0 Å². The fourth-order valence-electron chi connectivity index (χ4n) is 0.944. The van der Waals surface area contributed by atoms with Gasteiger partial charge >= 0.3 is 11.9 Å².